The van der Waals surface area contributed by atoms with Gasteiger partial charge < -0.3 is 20.3 Å². The van der Waals surface area contributed by atoms with Crippen molar-refractivity contribution < 1.29 is 4.74 Å². The second kappa shape index (κ2) is 9.64. The van der Waals surface area contributed by atoms with E-state index in [-0.39, 0.29) is 5.60 Å². The Morgan fingerprint density at radius 1 is 1.11 bits per heavy atom. The molecular weight excluding hydrogens is 348 g/mol. The summed E-state index contributed by atoms with van der Waals surface area (Å²) < 4.78 is 6.10. The first-order valence-electron chi connectivity index (χ1n) is 10.9. The number of para-hydroxylation sites is 1. The monoisotopic (exact) mass is 386 g/mol. The molecule has 1 aliphatic carbocycles. The van der Waals surface area contributed by atoms with Crippen LogP contribution in [0.4, 0.5) is 0 Å². The average Bonchev–Trinajstić information content (AvgIpc) is 3.20. The van der Waals surface area contributed by atoms with Gasteiger partial charge in [-0.05, 0) is 52.5 Å². The summed E-state index contributed by atoms with van der Waals surface area (Å²) in [6.45, 7) is 9.36. The van der Waals surface area contributed by atoms with Crippen LogP contribution in [0.1, 0.15) is 64.9 Å². The first kappa shape index (κ1) is 21.0. The smallest absolute Gasteiger partial charge is 0.191 e. The summed E-state index contributed by atoms with van der Waals surface area (Å²) in [5.41, 5.74) is 0.944. The van der Waals surface area contributed by atoms with E-state index in [9.17, 15) is 0 Å². The number of nitrogens with one attached hydrogen (secondary N) is 2. The standard InChI is InChI=1S/C23H38N4O/c1-23(2,3)28-21-12-8-5-9-18(21)17-25-22(24-4)26-19-13-15-27(16-14-19)20-10-6-7-11-20/h5,8-9,12,19-20H,6-7,10-11,13-17H2,1-4H3,(H2,24,25,26). The molecule has 0 unspecified atom stereocenters. The zero-order valence-corrected chi connectivity index (χ0v) is 18.1. The van der Waals surface area contributed by atoms with E-state index in [2.05, 4.69) is 53.4 Å². The molecule has 1 aromatic carbocycles. The van der Waals surface area contributed by atoms with E-state index in [4.69, 9.17) is 4.74 Å². The van der Waals surface area contributed by atoms with E-state index < -0.39 is 0 Å². The first-order chi connectivity index (χ1) is 13.4. The number of likely N-dealkylation sites (tertiary alicyclic amines) is 1. The summed E-state index contributed by atoms with van der Waals surface area (Å²) >= 11 is 0. The highest BCUT2D eigenvalue weighted by molar-refractivity contribution is 5.80. The molecule has 2 aliphatic rings. The van der Waals surface area contributed by atoms with Crippen LogP contribution in [0.3, 0.4) is 0 Å². The normalized spacial score (nSPS) is 20.4. The van der Waals surface area contributed by atoms with Crippen molar-refractivity contribution in [3.05, 3.63) is 29.8 Å². The van der Waals surface area contributed by atoms with Crippen molar-refractivity contribution in [2.45, 2.75) is 83.5 Å². The Hall–Kier alpha value is -1.75. The van der Waals surface area contributed by atoms with Crippen molar-refractivity contribution in [1.82, 2.24) is 15.5 Å². The Labute approximate surface area is 170 Å². The zero-order chi connectivity index (χ0) is 20.0. The van der Waals surface area contributed by atoms with E-state index in [0.717, 1.165) is 23.3 Å². The van der Waals surface area contributed by atoms with Crippen molar-refractivity contribution >= 4 is 5.96 Å². The lowest BCUT2D eigenvalue weighted by molar-refractivity contribution is 0.129. The third kappa shape index (κ3) is 6.13. The number of benzene rings is 1. The number of aliphatic imine (C=N–C) groups is 1. The minimum Gasteiger partial charge on any atom is -0.488 e. The summed E-state index contributed by atoms with van der Waals surface area (Å²) in [5, 5.41) is 7.10. The molecule has 5 nitrogen and oxygen atoms in total. The number of hydrogen-bond acceptors (Lipinski definition) is 3. The maximum Gasteiger partial charge on any atom is 0.191 e. The maximum absolute atomic E-state index is 6.10. The van der Waals surface area contributed by atoms with Crippen LogP contribution in [0, 0.1) is 0 Å². The van der Waals surface area contributed by atoms with E-state index in [0.29, 0.717) is 12.6 Å². The highest BCUT2D eigenvalue weighted by Gasteiger charge is 2.27. The van der Waals surface area contributed by atoms with Gasteiger partial charge in [-0.25, -0.2) is 0 Å². The molecule has 1 saturated carbocycles. The average molecular weight is 387 g/mol. The lowest BCUT2D eigenvalue weighted by Crippen LogP contribution is -2.50. The fourth-order valence-corrected chi connectivity index (χ4v) is 4.32. The number of nitrogens with zero attached hydrogens (tertiary/aromatic N) is 2. The molecule has 0 bridgehead atoms. The molecule has 156 valence electrons. The lowest BCUT2D eigenvalue weighted by Gasteiger charge is -2.36. The van der Waals surface area contributed by atoms with Crippen molar-refractivity contribution in [3.63, 3.8) is 0 Å². The molecule has 1 aliphatic heterocycles. The van der Waals surface area contributed by atoms with Crippen LogP contribution in [0.5, 0.6) is 5.75 Å². The summed E-state index contributed by atoms with van der Waals surface area (Å²) in [6.07, 6.45) is 8.02. The zero-order valence-electron chi connectivity index (χ0n) is 18.1. The van der Waals surface area contributed by atoms with Crippen LogP contribution < -0.4 is 15.4 Å². The molecule has 0 amide bonds. The van der Waals surface area contributed by atoms with Gasteiger partial charge in [-0.1, -0.05) is 31.0 Å². The molecule has 1 saturated heterocycles. The molecule has 3 rings (SSSR count). The van der Waals surface area contributed by atoms with Crippen molar-refractivity contribution in [2.75, 3.05) is 20.1 Å². The van der Waals surface area contributed by atoms with Gasteiger partial charge in [0, 0.05) is 44.3 Å². The van der Waals surface area contributed by atoms with Crippen LogP contribution in [0.25, 0.3) is 0 Å². The maximum atomic E-state index is 6.10. The topological polar surface area (TPSA) is 48.9 Å². The Balaban J connectivity index is 1.48. The van der Waals surface area contributed by atoms with Gasteiger partial charge in [-0.15, -0.1) is 0 Å². The number of hydrogen-bond donors (Lipinski definition) is 2. The van der Waals surface area contributed by atoms with Gasteiger partial charge >= 0.3 is 0 Å². The molecule has 0 spiro atoms. The third-order valence-corrected chi connectivity index (χ3v) is 5.77. The van der Waals surface area contributed by atoms with Crippen LogP contribution in [0.2, 0.25) is 0 Å². The molecule has 0 atom stereocenters. The van der Waals surface area contributed by atoms with Gasteiger partial charge in [-0.3, -0.25) is 4.99 Å². The van der Waals surface area contributed by atoms with Gasteiger partial charge in [-0.2, -0.15) is 0 Å². The summed E-state index contributed by atoms with van der Waals surface area (Å²) in [5.74, 6) is 1.81. The van der Waals surface area contributed by atoms with Gasteiger partial charge in [0.25, 0.3) is 0 Å². The molecule has 0 aromatic heterocycles. The molecule has 2 N–H and O–H groups in total. The minimum atomic E-state index is -0.205. The molecule has 2 fully saturated rings. The molecular formula is C23H38N4O. The number of guanidine groups is 1. The Morgan fingerprint density at radius 3 is 2.43 bits per heavy atom. The Bertz CT molecular complexity index is 638. The summed E-state index contributed by atoms with van der Waals surface area (Å²) in [4.78, 5) is 7.15. The molecule has 1 heterocycles. The highest BCUT2D eigenvalue weighted by Crippen LogP contribution is 2.26. The predicted octanol–water partition coefficient (Wildman–Crippen LogP) is 3.94. The van der Waals surface area contributed by atoms with Crippen molar-refractivity contribution in [3.8, 4) is 5.75 Å². The van der Waals surface area contributed by atoms with Crippen LogP contribution in [-0.2, 0) is 6.54 Å². The minimum absolute atomic E-state index is 0.205. The summed E-state index contributed by atoms with van der Waals surface area (Å²) in [7, 11) is 1.85. The molecule has 1 aromatic rings. The van der Waals surface area contributed by atoms with Crippen LogP contribution in [-0.4, -0.2) is 48.7 Å². The highest BCUT2D eigenvalue weighted by atomic mass is 16.5. The van der Waals surface area contributed by atoms with Crippen molar-refractivity contribution in [2.24, 2.45) is 4.99 Å². The second-order valence-corrected chi connectivity index (χ2v) is 9.14. The summed E-state index contributed by atoms with van der Waals surface area (Å²) in [6, 6.07) is 9.58. The lowest BCUT2D eigenvalue weighted by atomic mass is 10.0. The largest absolute Gasteiger partial charge is 0.488 e. The first-order valence-corrected chi connectivity index (χ1v) is 10.9. The fraction of sp³-hybridized carbons (Fsp3) is 0.696. The van der Waals surface area contributed by atoms with Gasteiger partial charge in [0.05, 0.1) is 0 Å². The van der Waals surface area contributed by atoms with Gasteiger partial charge in [0.15, 0.2) is 5.96 Å². The molecule has 5 heteroatoms. The quantitative estimate of drug-likeness (QED) is 0.594. The van der Waals surface area contributed by atoms with E-state index >= 15 is 0 Å². The third-order valence-electron chi connectivity index (χ3n) is 5.77. The fourth-order valence-electron chi connectivity index (χ4n) is 4.32. The second-order valence-electron chi connectivity index (χ2n) is 9.14. The number of ether oxygens (including phenoxy) is 1. The number of piperidine rings is 1. The van der Waals surface area contributed by atoms with Gasteiger partial charge in [0.2, 0.25) is 0 Å². The SMILES string of the molecule is CN=C(NCc1ccccc1OC(C)(C)C)NC1CCN(C2CCCC2)CC1. The Morgan fingerprint density at radius 2 is 1.79 bits per heavy atom. The van der Waals surface area contributed by atoms with Gasteiger partial charge in [0.1, 0.15) is 11.4 Å². The van der Waals surface area contributed by atoms with Crippen molar-refractivity contribution in [1.29, 1.82) is 0 Å². The van der Waals surface area contributed by atoms with E-state index in [1.165, 1.54) is 51.6 Å². The van der Waals surface area contributed by atoms with Crippen LogP contribution in [0.15, 0.2) is 29.3 Å². The molecule has 28 heavy (non-hydrogen) atoms. The van der Waals surface area contributed by atoms with Crippen LogP contribution >= 0.6 is 0 Å². The molecule has 0 radical (unpaired) electrons. The van der Waals surface area contributed by atoms with E-state index in [1.54, 1.807) is 0 Å². The van der Waals surface area contributed by atoms with E-state index in [1.807, 2.05) is 19.2 Å². The number of rotatable bonds is 5. The predicted molar refractivity (Wildman–Crippen MR) is 117 cm³/mol. The Kier molecular flexibility index (Phi) is 7.22.